The Kier molecular flexibility index (Phi) is 6.47. The second-order valence-electron chi connectivity index (χ2n) is 6.29. The van der Waals surface area contributed by atoms with Crippen LogP contribution >= 0.6 is 0 Å². The fourth-order valence-corrected chi connectivity index (χ4v) is 2.89. The van der Waals surface area contributed by atoms with E-state index < -0.39 is 41.6 Å². The highest BCUT2D eigenvalue weighted by atomic mass is 16.2. The first-order valence-electron chi connectivity index (χ1n) is 8.99. The van der Waals surface area contributed by atoms with Crippen molar-refractivity contribution < 1.29 is 28.8 Å². The first-order chi connectivity index (χ1) is 13.7. The van der Waals surface area contributed by atoms with Crippen molar-refractivity contribution in [2.45, 2.75) is 13.8 Å². The van der Waals surface area contributed by atoms with E-state index in [1.807, 2.05) is 0 Å². The Bertz CT molecular complexity index is 820. The van der Waals surface area contributed by atoms with Gasteiger partial charge in [0.25, 0.3) is 11.8 Å². The Morgan fingerprint density at radius 3 is 1.66 bits per heavy atom. The van der Waals surface area contributed by atoms with Crippen LogP contribution < -0.4 is 0 Å². The van der Waals surface area contributed by atoms with E-state index in [-0.39, 0.29) is 18.7 Å². The summed E-state index contributed by atoms with van der Waals surface area (Å²) in [5.74, 6) is -3.79. The van der Waals surface area contributed by atoms with Gasteiger partial charge in [-0.15, -0.1) is 0 Å². The van der Waals surface area contributed by atoms with Crippen molar-refractivity contribution in [3.63, 3.8) is 0 Å². The third-order valence-corrected chi connectivity index (χ3v) is 4.60. The highest BCUT2D eigenvalue weighted by molar-refractivity contribution is 6.28. The maximum Gasteiger partial charge on any atom is 0.333 e. The van der Waals surface area contributed by atoms with E-state index in [1.54, 1.807) is 13.8 Å². The summed E-state index contributed by atoms with van der Waals surface area (Å²) >= 11 is 0. The van der Waals surface area contributed by atoms with Gasteiger partial charge in [0.2, 0.25) is 11.8 Å². The number of carbonyl (C=O) groups is 6. The van der Waals surface area contributed by atoms with Crippen molar-refractivity contribution in [1.82, 2.24) is 19.6 Å². The summed E-state index contributed by atoms with van der Waals surface area (Å²) in [6.45, 7) is 3.53. The molecule has 2 aliphatic rings. The Hall–Kier alpha value is -3.56. The van der Waals surface area contributed by atoms with Crippen molar-refractivity contribution in [2.75, 3.05) is 27.2 Å². The minimum atomic E-state index is -1.14. The van der Waals surface area contributed by atoms with Crippen molar-refractivity contribution in [3.05, 3.63) is 36.0 Å². The lowest BCUT2D eigenvalue weighted by molar-refractivity contribution is -0.145. The lowest BCUT2D eigenvalue weighted by Gasteiger charge is -2.32. The van der Waals surface area contributed by atoms with E-state index in [0.29, 0.717) is 0 Å². The Labute approximate surface area is 167 Å². The van der Waals surface area contributed by atoms with Gasteiger partial charge in [0, 0.05) is 27.2 Å². The van der Waals surface area contributed by atoms with Crippen LogP contribution in [-0.4, -0.2) is 82.5 Å². The summed E-state index contributed by atoms with van der Waals surface area (Å²) in [7, 11) is 2.57. The molecule has 154 valence electrons. The van der Waals surface area contributed by atoms with Crippen molar-refractivity contribution in [3.8, 4) is 0 Å². The minimum Gasteiger partial charge on any atom is -0.273 e. The summed E-state index contributed by atoms with van der Waals surface area (Å²) in [5, 5.41) is 0. The first-order valence-corrected chi connectivity index (χ1v) is 8.99. The quantitative estimate of drug-likeness (QED) is 0.287. The Morgan fingerprint density at radius 1 is 0.724 bits per heavy atom. The number of carbonyl (C=O) groups excluding carboxylic acids is 6. The van der Waals surface area contributed by atoms with Gasteiger partial charge in [0.15, 0.2) is 0 Å². The number of nitrogens with zero attached hydrogens (tertiary/aromatic N) is 4. The molecule has 29 heavy (non-hydrogen) atoms. The zero-order valence-electron chi connectivity index (χ0n) is 16.6. The van der Waals surface area contributed by atoms with Crippen LogP contribution in [0.4, 0.5) is 9.59 Å². The van der Waals surface area contributed by atoms with Crippen LogP contribution in [0.3, 0.4) is 0 Å². The number of likely N-dealkylation sites (N-methyl/N-ethyl adjacent to an activating group) is 2. The van der Waals surface area contributed by atoms with Gasteiger partial charge in [-0.2, -0.15) is 0 Å². The molecule has 0 bridgehead atoms. The molecule has 0 aromatic rings. The molecule has 2 saturated heterocycles. The van der Waals surface area contributed by atoms with Gasteiger partial charge in [0.1, 0.15) is 11.5 Å². The average molecular weight is 402 g/mol. The molecule has 0 saturated carbocycles. The summed E-state index contributed by atoms with van der Waals surface area (Å²) in [5.41, 5.74) is -0.159. The molecule has 0 aliphatic carbocycles. The predicted octanol–water partition coefficient (Wildman–Crippen LogP) is 0.522. The fourth-order valence-electron chi connectivity index (χ4n) is 2.89. The van der Waals surface area contributed by atoms with E-state index in [9.17, 15) is 28.8 Å². The number of allylic oxidation sites excluding steroid dienone is 4. The maximum atomic E-state index is 12.3. The Balaban J connectivity index is 2.18. The number of urea groups is 2. The first kappa shape index (κ1) is 21.7. The lowest BCUT2D eigenvalue weighted by atomic mass is 10.0. The smallest absolute Gasteiger partial charge is 0.273 e. The van der Waals surface area contributed by atoms with Crippen molar-refractivity contribution >= 4 is 35.7 Å². The molecular formula is C19H22N4O6. The molecule has 10 nitrogen and oxygen atoms in total. The van der Waals surface area contributed by atoms with E-state index in [1.165, 1.54) is 44.5 Å². The summed E-state index contributed by atoms with van der Waals surface area (Å²) in [6.07, 6.45) is 6.85. The highest BCUT2D eigenvalue weighted by Crippen LogP contribution is 2.18. The van der Waals surface area contributed by atoms with E-state index in [0.717, 1.165) is 19.6 Å². The molecule has 0 atom stereocenters. The lowest BCUT2D eigenvalue weighted by Crippen LogP contribution is -2.56. The van der Waals surface area contributed by atoms with Crippen molar-refractivity contribution in [2.24, 2.45) is 5.92 Å². The van der Waals surface area contributed by atoms with Gasteiger partial charge in [-0.05, 0) is 19.9 Å². The fraction of sp³-hybridized carbons (Fsp3) is 0.368. The Morgan fingerprint density at radius 2 is 1.21 bits per heavy atom. The zero-order valence-corrected chi connectivity index (χ0v) is 16.6. The van der Waals surface area contributed by atoms with Gasteiger partial charge in [-0.3, -0.25) is 38.8 Å². The van der Waals surface area contributed by atoms with Gasteiger partial charge in [-0.25, -0.2) is 9.59 Å². The minimum absolute atomic E-state index is 0.133. The number of rotatable bonds is 5. The molecule has 0 aromatic heterocycles. The van der Waals surface area contributed by atoms with Crippen LogP contribution in [0.1, 0.15) is 13.8 Å². The van der Waals surface area contributed by atoms with E-state index in [4.69, 9.17) is 0 Å². The average Bonchev–Trinajstić information content (AvgIpc) is 2.69. The second-order valence-corrected chi connectivity index (χ2v) is 6.29. The summed E-state index contributed by atoms with van der Waals surface area (Å²) in [4.78, 5) is 76.3. The number of barbiturate groups is 2. The van der Waals surface area contributed by atoms with Crippen LogP contribution in [-0.2, 0) is 19.2 Å². The van der Waals surface area contributed by atoms with Gasteiger partial charge >= 0.3 is 12.1 Å². The largest absolute Gasteiger partial charge is 0.333 e. The SMILES string of the molecule is CCN1C(=O)C(=CC=CC=CC2C(=O)N(C)C(=O)N(C)C2=O)C(=O)N(CC)C1=O. The molecular weight excluding hydrogens is 380 g/mol. The van der Waals surface area contributed by atoms with E-state index >= 15 is 0 Å². The normalized spacial score (nSPS) is 19.7. The number of imide groups is 4. The van der Waals surface area contributed by atoms with Gasteiger partial charge in [-0.1, -0.05) is 24.3 Å². The second kappa shape index (κ2) is 8.63. The van der Waals surface area contributed by atoms with Crippen molar-refractivity contribution in [1.29, 1.82) is 0 Å². The van der Waals surface area contributed by atoms with Gasteiger partial charge in [0.05, 0.1) is 0 Å². The third-order valence-electron chi connectivity index (χ3n) is 4.60. The van der Waals surface area contributed by atoms with Crippen LogP contribution in [0.2, 0.25) is 0 Å². The molecule has 2 rings (SSSR count). The molecule has 0 aromatic carbocycles. The van der Waals surface area contributed by atoms with E-state index in [2.05, 4.69) is 0 Å². The highest BCUT2D eigenvalue weighted by Gasteiger charge is 2.41. The topological polar surface area (TPSA) is 115 Å². The number of hydrogen-bond acceptors (Lipinski definition) is 6. The summed E-state index contributed by atoms with van der Waals surface area (Å²) in [6, 6.07) is -1.35. The molecule has 10 heteroatoms. The molecule has 0 N–H and O–H groups in total. The zero-order chi connectivity index (χ0) is 21.9. The molecule has 0 unspecified atom stereocenters. The number of amides is 8. The predicted molar refractivity (Wildman–Crippen MR) is 101 cm³/mol. The van der Waals surface area contributed by atoms with Crippen LogP contribution in [0.15, 0.2) is 36.0 Å². The molecule has 2 fully saturated rings. The summed E-state index contributed by atoms with van der Waals surface area (Å²) < 4.78 is 0. The number of hydrogen-bond donors (Lipinski definition) is 0. The van der Waals surface area contributed by atoms with Crippen LogP contribution in [0, 0.1) is 5.92 Å². The molecule has 0 spiro atoms. The molecule has 8 amide bonds. The molecule has 0 radical (unpaired) electrons. The van der Waals surface area contributed by atoms with Crippen LogP contribution in [0.5, 0.6) is 0 Å². The third kappa shape index (κ3) is 3.86. The van der Waals surface area contributed by atoms with Crippen LogP contribution in [0.25, 0.3) is 0 Å². The molecule has 2 heterocycles. The van der Waals surface area contributed by atoms with Gasteiger partial charge < -0.3 is 0 Å². The monoisotopic (exact) mass is 402 g/mol. The standard InChI is InChI=1S/C19H22N4O6/c1-5-22-16(26)13(17(27)23(6-2)19(22)29)11-9-7-8-10-12-14(24)20(3)18(28)21(4)15(12)25/h7-12H,5-6H2,1-4H3. The maximum absolute atomic E-state index is 12.3. The molecule has 2 aliphatic heterocycles.